The van der Waals surface area contributed by atoms with Gasteiger partial charge in [0.2, 0.25) is 5.69 Å². The second kappa shape index (κ2) is 50.5. The van der Waals surface area contributed by atoms with E-state index in [0.29, 0.717) is 46.2 Å². The summed E-state index contributed by atoms with van der Waals surface area (Å²) in [7, 11) is 0. The standard InChI is InChI=1S/C26H22N3.C25H18N5.C24H19N4.C24H26N3.C18H14N3.5Ir/c1-17-13-22(14-18(2)24(17)27-5)23-15-19(3)25(20(4)16-23)29-12-11-28-26(29)21-9-7-6-8-10-21;1-16-11-13-20(26-4)15-21(16)25-29-28-24(19-9-7-6-8-10-19)30(25)23-17(2)12-14-22(27-5)18(23)3;1-16-13-21(25-4)14-17(2)23(16)19-9-8-10-20(15-19)24-27-26-18(3)28(24)22-11-6-5-7-12-22;1-17(2)13-20-15-22(25-5)16-21(14-18(3)4)23(20)27-12-11-26-24(27)19-9-7-6-8-10-19;1-13-11-14(2)17(16(12-13)19-3)21-10-9-20-18(21)15-7-5-4-6-8-15;;;;;/h6-9,11-16H,1-4H3;6-9,11-15H,1-3H3;5-9,11-15H,1-3H3;6-9,11-12,15-18H,13-14H2,1-4H3;4-7,9-12H,1-2H3;;;;;/q5*-1;;;;;. The van der Waals surface area contributed by atoms with Gasteiger partial charge in [-0.2, -0.15) is 10.2 Å². The molecule has 0 aliphatic rings. The fraction of sp³-hybridized carbons (Fsp3) is 0.171. The van der Waals surface area contributed by atoms with Gasteiger partial charge in [-0.15, -0.1) is 189 Å². The zero-order valence-electron chi connectivity index (χ0n) is 80.3. The molecule has 0 unspecified atom stereocenters. The van der Waals surface area contributed by atoms with Crippen molar-refractivity contribution in [2.45, 2.75) is 124 Å². The molecule has 5 radical (unpaired) electrons. The van der Waals surface area contributed by atoms with Crippen molar-refractivity contribution in [1.29, 1.82) is 0 Å². The predicted octanol–water partition coefficient (Wildman–Crippen LogP) is 29.9. The molecule has 0 aliphatic heterocycles. The maximum atomic E-state index is 7.54. The molecule has 5 aromatic heterocycles. The van der Waals surface area contributed by atoms with Crippen molar-refractivity contribution >= 4 is 34.1 Å². The van der Waals surface area contributed by atoms with Crippen LogP contribution in [-0.4, -0.2) is 58.2 Å². The van der Waals surface area contributed by atoms with Crippen molar-refractivity contribution in [3.05, 3.63) is 451 Å². The van der Waals surface area contributed by atoms with Gasteiger partial charge < -0.3 is 22.8 Å². The summed E-state index contributed by atoms with van der Waals surface area (Å²) in [6, 6.07) is 93.6. The molecule has 18 nitrogen and oxygen atoms in total. The van der Waals surface area contributed by atoms with Gasteiger partial charge in [-0.3, -0.25) is 15.0 Å². The summed E-state index contributed by atoms with van der Waals surface area (Å²) in [5.41, 5.74) is 33.0. The molecule has 707 valence electrons. The first-order chi connectivity index (χ1) is 65.3. The van der Waals surface area contributed by atoms with Crippen molar-refractivity contribution in [3.8, 4) is 119 Å². The third-order valence-corrected chi connectivity index (χ3v) is 23.1. The molecule has 0 fully saturated rings. The number of imidazole rings is 3. The molecular formula is C117H99Ir5N18-5. The van der Waals surface area contributed by atoms with Crippen LogP contribution in [0.1, 0.15) is 106 Å². The summed E-state index contributed by atoms with van der Waals surface area (Å²) in [6.45, 7) is 77.7. The maximum Gasteiger partial charge on any atom is 0.210 e. The van der Waals surface area contributed by atoms with Gasteiger partial charge in [0.1, 0.15) is 5.82 Å². The van der Waals surface area contributed by atoms with Gasteiger partial charge in [-0.05, 0) is 210 Å². The largest absolute Gasteiger partial charge is 0.349 e. The number of aromatic nitrogens is 12. The van der Waals surface area contributed by atoms with Crippen molar-refractivity contribution in [2.75, 3.05) is 0 Å². The molecule has 0 atom stereocenters. The van der Waals surface area contributed by atoms with Crippen molar-refractivity contribution in [3.63, 3.8) is 0 Å². The average molecular weight is 2720 g/mol. The normalized spacial score (nSPS) is 10.3. The van der Waals surface area contributed by atoms with Crippen LogP contribution in [0.15, 0.2) is 274 Å². The number of nitrogens with zero attached hydrogens (tertiary/aromatic N) is 18. The van der Waals surface area contributed by atoms with Crippen molar-refractivity contribution in [2.24, 2.45) is 11.8 Å². The number of benzene rings is 13. The Balaban J connectivity index is 0.000000195. The SMILES string of the molecule is [C-]#[N+]c1c(C)cc(-c2cc(C)c(-n3ccnc3-c3[c-]cccc3)c(C)c2)cc1C.[C-]#[N+]c1cc(C)c(-c2cc[c-]c(-c3nnc(C)n3-c3ccccc3)c2)c(C)c1.[C-]#[N+]c1cc(C)cc(C)c1-n1ccnc1-c1[c-]cccc1.[C-]#[N+]c1cc(CC(C)C)c(-n2ccnc2-c2[c-]cccc2)c(CC(C)C)c1.[C-]#[N+]c1ccc(C)c(-c2nnc(-c3[c-]cccc3)n2-c2c(C)ccc([N+]#[C-])c2C)c1.[Ir].[Ir].[Ir].[Ir].[Ir]. The van der Waals surface area contributed by atoms with Crippen LogP contribution in [0.2, 0.25) is 0 Å². The van der Waals surface area contributed by atoms with E-state index < -0.39 is 0 Å². The molecule has 0 aliphatic carbocycles. The summed E-state index contributed by atoms with van der Waals surface area (Å²) < 4.78 is 10.3. The zero-order chi connectivity index (χ0) is 95.7. The average Bonchev–Trinajstić information content (AvgIpc) is 1.66. The van der Waals surface area contributed by atoms with Crippen LogP contribution in [-0.2, 0) is 113 Å². The Kier molecular flexibility index (Phi) is 39.5. The minimum atomic E-state index is 0. The first kappa shape index (κ1) is 110. The fourth-order valence-corrected chi connectivity index (χ4v) is 17.3. The summed E-state index contributed by atoms with van der Waals surface area (Å²) in [4.78, 5) is 35.5. The molecule has 0 saturated heterocycles. The van der Waals surface area contributed by atoms with E-state index in [1.54, 1.807) is 12.3 Å². The minimum Gasteiger partial charge on any atom is -0.349 e. The fourth-order valence-electron chi connectivity index (χ4n) is 17.3. The Hall–Kier alpha value is -14.0. The Morgan fingerprint density at radius 2 is 0.736 bits per heavy atom. The molecule has 0 saturated carbocycles. The van der Waals surface area contributed by atoms with E-state index in [1.165, 1.54) is 33.5 Å². The van der Waals surface area contributed by atoms with E-state index in [2.05, 4.69) is 182 Å². The van der Waals surface area contributed by atoms with E-state index >= 15 is 0 Å². The number of para-hydroxylation sites is 1. The molecule has 0 spiro atoms. The Labute approximate surface area is 889 Å². The Morgan fingerprint density at radius 1 is 0.307 bits per heavy atom. The smallest absolute Gasteiger partial charge is 0.210 e. The monoisotopic (exact) mass is 2720 g/mol. The first-order valence-electron chi connectivity index (χ1n) is 44.3. The van der Waals surface area contributed by atoms with E-state index in [9.17, 15) is 0 Å². The second-order valence-electron chi connectivity index (χ2n) is 34.1. The summed E-state index contributed by atoms with van der Waals surface area (Å²) in [5, 5.41) is 17.7. The molecule has 0 N–H and O–H groups in total. The molecule has 18 aromatic rings. The van der Waals surface area contributed by atoms with Gasteiger partial charge in [0.05, 0.1) is 68.6 Å². The number of hydrogen-bond acceptors (Lipinski definition) is 7. The third-order valence-electron chi connectivity index (χ3n) is 23.1. The van der Waals surface area contributed by atoms with Crippen LogP contribution in [0.4, 0.5) is 34.1 Å². The number of hydrogen-bond donors (Lipinski definition) is 0. The first-order valence-corrected chi connectivity index (χ1v) is 44.3. The van der Waals surface area contributed by atoms with E-state index in [-0.39, 0.29) is 101 Å². The molecule has 0 amide bonds. The van der Waals surface area contributed by atoms with E-state index in [4.69, 9.17) is 39.4 Å². The molecular weight excluding hydrogens is 2620 g/mol. The van der Waals surface area contributed by atoms with E-state index in [1.807, 2.05) is 308 Å². The topological polar surface area (TPSA) is 141 Å². The van der Waals surface area contributed by atoms with Gasteiger partial charge in [0.15, 0.2) is 34.3 Å². The van der Waals surface area contributed by atoms with E-state index in [0.717, 1.165) is 176 Å². The second-order valence-corrected chi connectivity index (χ2v) is 34.1. The molecule has 5 heterocycles. The van der Waals surface area contributed by atoms with Crippen LogP contribution in [0.5, 0.6) is 0 Å². The number of rotatable bonds is 17. The van der Waals surface area contributed by atoms with Crippen LogP contribution >= 0.6 is 0 Å². The van der Waals surface area contributed by atoms with Crippen molar-refractivity contribution < 1.29 is 101 Å². The molecule has 23 heteroatoms. The minimum absolute atomic E-state index is 0. The summed E-state index contributed by atoms with van der Waals surface area (Å²) >= 11 is 0. The third kappa shape index (κ3) is 25.0. The molecule has 18 rings (SSSR count). The Morgan fingerprint density at radius 3 is 1.21 bits per heavy atom. The summed E-state index contributed by atoms with van der Waals surface area (Å²) in [6.07, 6.45) is 13.2. The van der Waals surface area contributed by atoms with Crippen LogP contribution in [0, 0.1) is 165 Å². The predicted molar refractivity (Wildman–Crippen MR) is 543 cm³/mol. The molecule has 140 heavy (non-hydrogen) atoms. The summed E-state index contributed by atoms with van der Waals surface area (Å²) in [5.74, 6) is 6.46. The maximum absolute atomic E-state index is 7.54. The zero-order valence-corrected chi connectivity index (χ0v) is 92.2. The van der Waals surface area contributed by atoms with Crippen LogP contribution in [0.3, 0.4) is 0 Å². The molecule has 13 aromatic carbocycles. The van der Waals surface area contributed by atoms with Gasteiger partial charge in [-0.1, -0.05) is 135 Å². The molecule has 0 bridgehead atoms. The van der Waals surface area contributed by atoms with Crippen molar-refractivity contribution in [1.82, 2.24) is 58.2 Å². The van der Waals surface area contributed by atoms with Crippen LogP contribution in [0.25, 0.3) is 148 Å². The van der Waals surface area contributed by atoms with Gasteiger partial charge >= 0.3 is 0 Å². The van der Waals surface area contributed by atoms with Gasteiger partial charge in [0.25, 0.3) is 0 Å². The van der Waals surface area contributed by atoms with Gasteiger partial charge in [-0.25, -0.2) is 29.1 Å². The number of aryl methyl sites for hydroxylation is 11. The Bertz CT molecular complexity index is 7560. The van der Waals surface area contributed by atoms with Gasteiger partial charge in [0, 0.05) is 172 Å². The van der Waals surface area contributed by atoms with Crippen LogP contribution < -0.4 is 0 Å². The quantitative estimate of drug-likeness (QED) is 0.0827.